The first kappa shape index (κ1) is 14.8. The molecule has 17 heavy (non-hydrogen) atoms. The third-order valence-electron chi connectivity index (χ3n) is 2.64. The molecule has 0 saturated carbocycles. The quantitative estimate of drug-likeness (QED) is 0.725. The molecule has 0 unspecified atom stereocenters. The van der Waals surface area contributed by atoms with Gasteiger partial charge in [-0.05, 0) is 25.4 Å². The van der Waals surface area contributed by atoms with Crippen molar-refractivity contribution >= 4 is 14.8 Å². The van der Waals surface area contributed by atoms with Crippen LogP contribution in [0.5, 0.6) is 0 Å². The highest BCUT2D eigenvalue weighted by molar-refractivity contribution is 6.48. The lowest BCUT2D eigenvalue weighted by molar-refractivity contribution is -0.290. The van der Waals surface area contributed by atoms with E-state index in [4.69, 9.17) is 13.9 Å². The fourth-order valence-corrected chi connectivity index (χ4v) is 2.34. The minimum Gasteiger partial charge on any atom is -0.415 e. The van der Waals surface area contributed by atoms with Gasteiger partial charge in [0.05, 0.1) is 6.61 Å². The van der Waals surface area contributed by atoms with E-state index in [2.05, 4.69) is 13.1 Å². The van der Waals surface area contributed by atoms with E-state index in [9.17, 15) is 4.79 Å². The van der Waals surface area contributed by atoms with Crippen molar-refractivity contribution in [3.63, 3.8) is 0 Å². The van der Waals surface area contributed by atoms with Crippen molar-refractivity contribution in [1.29, 1.82) is 0 Å². The van der Waals surface area contributed by atoms with Crippen LogP contribution in [-0.2, 0) is 18.7 Å². The van der Waals surface area contributed by atoms with Crippen LogP contribution in [0.4, 0.5) is 0 Å². The molecule has 0 spiro atoms. The molecule has 0 aliphatic carbocycles. The number of rotatable bonds is 3. The zero-order chi connectivity index (χ0) is 13.3. The van der Waals surface area contributed by atoms with E-state index < -0.39 is 20.9 Å². The largest absolute Gasteiger partial charge is 0.415 e. The van der Waals surface area contributed by atoms with Crippen molar-refractivity contribution in [2.24, 2.45) is 5.41 Å². The Balaban J connectivity index is 2.69. The van der Waals surface area contributed by atoms with Gasteiger partial charge in [-0.3, -0.25) is 4.79 Å². The lowest BCUT2D eigenvalue weighted by Gasteiger charge is -2.42. The van der Waals surface area contributed by atoms with Gasteiger partial charge in [-0.25, -0.2) is 0 Å². The van der Waals surface area contributed by atoms with Crippen molar-refractivity contribution in [3.05, 3.63) is 0 Å². The van der Waals surface area contributed by atoms with Crippen molar-refractivity contribution in [2.75, 3.05) is 13.2 Å². The van der Waals surface area contributed by atoms with Crippen molar-refractivity contribution in [3.8, 4) is 0 Å². The molecule has 0 aromatic heterocycles. The Bertz CT molecular complexity index is 285. The summed E-state index contributed by atoms with van der Waals surface area (Å²) in [7, 11) is -1.11. The normalized spacial score (nSPS) is 31.0. The first-order chi connectivity index (χ1) is 7.64. The monoisotopic (exact) mass is 260 g/mol. The van der Waals surface area contributed by atoms with Gasteiger partial charge in [0.25, 0.3) is 0 Å². The maximum atomic E-state index is 11.8. The second-order valence-electron chi connectivity index (χ2n) is 6.11. The Morgan fingerprint density at radius 1 is 1.47 bits per heavy atom. The number of carbonyl (C=O) groups excluding carboxylic acids is 1. The molecule has 5 heteroatoms. The highest BCUT2D eigenvalue weighted by atomic mass is 28.3. The maximum Gasteiger partial charge on any atom is 0.189 e. The van der Waals surface area contributed by atoms with Gasteiger partial charge in [-0.1, -0.05) is 20.8 Å². The molecule has 1 saturated heterocycles. The van der Waals surface area contributed by atoms with E-state index in [-0.39, 0.29) is 17.8 Å². The molecular weight excluding hydrogens is 236 g/mol. The van der Waals surface area contributed by atoms with Crippen LogP contribution in [-0.4, -0.2) is 39.9 Å². The zero-order valence-electron chi connectivity index (χ0n) is 11.7. The Morgan fingerprint density at radius 2 is 2.06 bits per heavy atom. The Morgan fingerprint density at radius 3 is 2.53 bits per heavy atom. The molecule has 0 N–H and O–H groups in total. The molecule has 0 amide bonds. The highest BCUT2D eigenvalue weighted by Crippen LogP contribution is 2.31. The molecule has 1 heterocycles. The highest BCUT2D eigenvalue weighted by Gasteiger charge is 2.44. The van der Waals surface area contributed by atoms with Gasteiger partial charge in [0, 0.05) is 0 Å². The molecule has 1 rings (SSSR count). The maximum absolute atomic E-state index is 11.8. The van der Waals surface area contributed by atoms with Gasteiger partial charge < -0.3 is 13.9 Å². The number of hydrogen-bond donors (Lipinski definition) is 0. The van der Waals surface area contributed by atoms with Crippen LogP contribution in [0.1, 0.15) is 27.7 Å². The van der Waals surface area contributed by atoms with Crippen LogP contribution in [0.15, 0.2) is 0 Å². The summed E-state index contributed by atoms with van der Waals surface area (Å²) in [4.78, 5) is 11.8. The summed E-state index contributed by atoms with van der Waals surface area (Å²) in [5, 5.41) is 0. The van der Waals surface area contributed by atoms with Crippen LogP contribution in [0.2, 0.25) is 13.1 Å². The molecule has 1 aliphatic rings. The Hall–Kier alpha value is -0.233. The summed E-state index contributed by atoms with van der Waals surface area (Å²) in [6.07, 6.45) is -0.418. The molecule has 0 aromatic rings. The van der Waals surface area contributed by atoms with Gasteiger partial charge in [-0.2, -0.15) is 0 Å². The summed E-state index contributed by atoms with van der Waals surface area (Å²) in [6, 6.07) is 0. The average molecular weight is 260 g/mol. The number of Topliss-reactive ketones (excluding diaryl/α,β-unsaturated/α-hetero) is 1. The zero-order valence-corrected chi connectivity index (χ0v) is 12.9. The summed E-state index contributed by atoms with van der Waals surface area (Å²) < 4.78 is 17.0. The molecule has 2 atom stereocenters. The van der Waals surface area contributed by atoms with Crippen LogP contribution in [0.25, 0.3) is 0 Å². The van der Waals surface area contributed by atoms with Crippen molar-refractivity contribution in [2.45, 2.75) is 52.7 Å². The predicted molar refractivity (Wildman–Crippen MR) is 68.5 cm³/mol. The van der Waals surface area contributed by atoms with Crippen molar-refractivity contribution in [1.82, 2.24) is 0 Å². The molecule has 100 valence electrons. The number of ketones is 1. The first-order valence-electron chi connectivity index (χ1n) is 6.10. The average Bonchev–Trinajstić information content (AvgIpc) is 2.18. The number of carbonyl (C=O) groups is 1. The van der Waals surface area contributed by atoms with E-state index in [1.54, 1.807) is 0 Å². The van der Waals surface area contributed by atoms with E-state index in [1.165, 1.54) is 0 Å². The minimum atomic E-state index is -1.11. The lowest BCUT2D eigenvalue weighted by Crippen LogP contribution is -2.55. The molecule has 1 aliphatic heterocycles. The third kappa shape index (κ3) is 4.17. The van der Waals surface area contributed by atoms with E-state index >= 15 is 0 Å². The van der Waals surface area contributed by atoms with Crippen LogP contribution >= 0.6 is 0 Å². The van der Waals surface area contributed by atoms with Gasteiger partial charge in [0.2, 0.25) is 0 Å². The summed E-state index contributed by atoms with van der Waals surface area (Å²) >= 11 is 0. The smallest absolute Gasteiger partial charge is 0.189 e. The first-order valence-corrected chi connectivity index (χ1v) is 8.88. The lowest BCUT2D eigenvalue weighted by atomic mass is 9.86. The topological polar surface area (TPSA) is 44.8 Å². The second-order valence-corrected chi connectivity index (χ2v) is 8.54. The van der Waals surface area contributed by atoms with Crippen LogP contribution in [0.3, 0.4) is 0 Å². The second kappa shape index (κ2) is 5.18. The van der Waals surface area contributed by atoms with Gasteiger partial charge in [-0.15, -0.1) is 0 Å². The fraction of sp³-hybridized carbons (Fsp3) is 0.917. The molecule has 0 bridgehead atoms. The Kier molecular flexibility index (Phi) is 4.52. The molecule has 0 radical (unpaired) electrons. The Labute approximate surface area is 105 Å². The molecule has 1 fully saturated rings. The predicted octanol–water partition coefficient (Wildman–Crippen LogP) is 1.73. The standard InChI is InChI=1S/C12H24O4Si/c1-11(2,3)10-9(13)7-14-12(4,16-10)8-15-17(5)6/h10,17H,7-8H2,1-6H3/t10-,12-/m1/s1. The van der Waals surface area contributed by atoms with E-state index in [0.29, 0.717) is 6.61 Å². The molecular formula is C12H24O4Si. The third-order valence-corrected chi connectivity index (χ3v) is 3.48. The molecule has 4 nitrogen and oxygen atoms in total. The van der Waals surface area contributed by atoms with Crippen LogP contribution in [0, 0.1) is 5.41 Å². The summed E-state index contributed by atoms with van der Waals surface area (Å²) in [6.45, 7) is 12.5. The van der Waals surface area contributed by atoms with Gasteiger partial charge >= 0.3 is 0 Å². The van der Waals surface area contributed by atoms with Crippen molar-refractivity contribution < 1.29 is 18.7 Å². The molecule has 0 aromatic carbocycles. The van der Waals surface area contributed by atoms with E-state index in [0.717, 1.165) is 0 Å². The fourth-order valence-electron chi connectivity index (χ4n) is 1.70. The summed E-state index contributed by atoms with van der Waals surface area (Å²) in [5.74, 6) is -0.778. The number of hydrogen-bond acceptors (Lipinski definition) is 4. The van der Waals surface area contributed by atoms with Crippen LogP contribution < -0.4 is 0 Å². The SMILES string of the molecule is C[SiH](C)OC[C@]1(C)OCC(=O)[C@H](C(C)(C)C)O1. The number of ether oxygens (including phenoxy) is 2. The van der Waals surface area contributed by atoms with Gasteiger partial charge in [0.1, 0.15) is 12.7 Å². The van der Waals surface area contributed by atoms with E-state index in [1.807, 2.05) is 27.7 Å². The summed E-state index contributed by atoms with van der Waals surface area (Å²) in [5.41, 5.74) is -0.211. The minimum absolute atomic E-state index is 0.0109. The van der Waals surface area contributed by atoms with Gasteiger partial charge in [0.15, 0.2) is 20.6 Å².